The van der Waals surface area contributed by atoms with Gasteiger partial charge in [0.05, 0.1) is 4.90 Å². The molecule has 0 aromatic heterocycles. The number of aryl methyl sites for hydroxylation is 1. The second-order valence-electron chi connectivity index (χ2n) is 4.96. The Morgan fingerprint density at radius 1 is 1.10 bits per heavy atom. The lowest BCUT2D eigenvalue weighted by molar-refractivity contribution is 0.601. The van der Waals surface area contributed by atoms with E-state index >= 15 is 0 Å². The van der Waals surface area contributed by atoms with Gasteiger partial charge < -0.3 is 5.32 Å². The van der Waals surface area contributed by atoms with Crippen molar-refractivity contribution in [1.29, 1.82) is 0 Å². The molecule has 1 heterocycles. The average molecular weight is 414 g/mol. The van der Waals surface area contributed by atoms with Crippen molar-refractivity contribution in [3.05, 3.63) is 51.6 Å². The van der Waals surface area contributed by atoms with Gasteiger partial charge in [-0.3, -0.25) is 4.72 Å². The van der Waals surface area contributed by atoms with E-state index in [1.165, 1.54) is 0 Å². The number of anilines is 2. The molecule has 0 bridgehead atoms. The van der Waals surface area contributed by atoms with Crippen LogP contribution in [0.2, 0.25) is 0 Å². The van der Waals surface area contributed by atoms with E-state index in [-0.39, 0.29) is 0 Å². The highest BCUT2D eigenvalue weighted by molar-refractivity contribution is 14.1. The largest absolute Gasteiger partial charge is 0.385 e. The van der Waals surface area contributed by atoms with Gasteiger partial charge in [0, 0.05) is 21.5 Å². The maximum atomic E-state index is 12.4. The minimum Gasteiger partial charge on any atom is -0.385 e. The Hall–Kier alpha value is -1.28. The van der Waals surface area contributed by atoms with Crippen molar-refractivity contribution in [3.63, 3.8) is 0 Å². The fourth-order valence-corrected chi connectivity index (χ4v) is 3.82. The molecule has 0 fully saturated rings. The molecule has 0 unspecified atom stereocenters. The third-order valence-corrected chi connectivity index (χ3v) is 5.52. The molecule has 2 N–H and O–H groups in total. The normalized spacial score (nSPS) is 14.1. The predicted octanol–water partition coefficient (Wildman–Crippen LogP) is 3.45. The molecule has 3 rings (SSSR count). The van der Waals surface area contributed by atoms with Crippen molar-refractivity contribution in [2.45, 2.75) is 17.7 Å². The highest BCUT2D eigenvalue weighted by Gasteiger charge is 2.17. The van der Waals surface area contributed by atoms with Gasteiger partial charge in [-0.2, -0.15) is 0 Å². The topological polar surface area (TPSA) is 58.2 Å². The molecule has 0 spiro atoms. The van der Waals surface area contributed by atoms with E-state index in [0.29, 0.717) is 10.6 Å². The second kappa shape index (κ2) is 5.84. The first-order chi connectivity index (χ1) is 10.0. The minimum atomic E-state index is -3.54. The lowest BCUT2D eigenvalue weighted by atomic mass is 10.0. The summed E-state index contributed by atoms with van der Waals surface area (Å²) in [5, 5.41) is 3.28. The molecule has 0 amide bonds. The Balaban J connectivity index is 1.89. The van der Waals surface area contributed by atoms with Crippen LogP contribution in [-0.2, 0) is 16.4 Å². The van der Waals surface area contributed by atoms with Crippen LogP contribution in [-0.4, -0.2) is 15.0 Å². The van der Waals surface area contributed by atoms with Crippen LogP contribution >= 0.6 is 22.6 Å². The van der Waals surface area contributed by atoms with Gasteiger partial charge in [-0.1, -0.05) is 0 Å². The summed E-state index contributed by atoms with van der Waals surface area (Å²) < 4.78 is 28.6. The summed E-state index contributed by atoms with van der Waals surface area (Å²) in [5.74, 6) is 0. The molecule has 2 aromatic rings. The lowest BCUT2D eigenvalue weighted by Crippen LogP contribution is -2.16. The summed E-state index contributed by atoms with van der Waals surface area (Å²) in [7, 11) is -3.54. The van der Waals surface area contributed by atoms with Crippen molar-refractivity contribution in [2.24, 2.45) is 0 Å². The Morgan fingerprint density at radius 2 is 1.86 bits per heavy atom. The monoisotopic (exact) mass is 414 g/mol. The third-order valence-electron chi connectivity index (χ3n) is 3.42. The van der Waals surface area contributed by atoms with E-state index in [4.69, 9.17) is 0 Å². The van der Waals surface area contributed by atoms with E-state index in [9.17, 15) is 8.42 Å². The van der Waals surface area contributed by atoms with Crippen LogP contribution in [0.5, 0.6) is 0 Å². The summed E-state index contributed by atoms with van der Waals surface area (Å²) >= 11 is 2.18. The quantitative estimate of drug-likeness (QED) is 0.757. The molecule has 0 radical (unpaired) electrons. The molecule has 6 heteroatoms. The average Bonchev–Trinajstić information content (AvgIpc) is 2.49. The van der Waals surface area contributed by atoms with Gasteiger partial charge in [0.1, 0.15) is 0 Å². The third kappa shape index (κ3) is 3.32. The lowest BCUT2D eigenvalue weighted by Gasteiger charge is -2.18. The fourth-order valence-electron chi connectivity index (χ4n) is 2.35. The number of nitrogens with one attached hydrogen (secondary N) is 2. The molecule has 110 valence electrons. The highest BCUT2D eigenvalue weighted by Crippen LogP contribution is 2.26. The molecule has 0 saturated carbocycles. The van der Waals surface area contributed by atoms with Crippen LogP contribution in [0, 0.1) is 3.57 Å². The molecule has 1 aliphatic heterocycles. The highest BCUT2D eigenvalue weighted by atomic mass is 127. The Kier molecular flexibility index (Phi) is 4.08. The molecular weight excluding hydrogens is 399 g/mol. The van der Waals surface area contributed by atoms with E-state index in [0.717, 1.165) is 34.2 Å². The molecule has 4 nitrogen and oxygen atoms in total. The van der Waals surface area contributed by atoms with Crippen LogP contribution in [0.3, 0.4) is 0 Å². The maximum absolute atomic E-state index is 12.4. The first-order valence-corrected chi connectivity index (χ1v) is 9.26. The standard InChI is InChI=1S/C15H15IN2O2S/c16-12-3-5-13(6-4-12)18-21(19,20)14-7-8-15-11(10-14)2-1-9-17-15/h3-8,10,17-18H,1-2,9H2. The number of halogens is 1. The Labute approximate surface area is 138 Å². The number of hydrogen-bond donors (Lipinski definition) is 2. The smallest absolute Gasteiger partial charge is 0.261 e. The van der Waals surface area contributed by atoms with E-state index in [1.807, 2.05) is 18.2 Å². The number of benzene rings is 2. The summed E-state index contributed by atoms with van der Waals surface area (Å²) in [6.07, 6.45) is 1.94. The van der Waals surface area contributed by atoms with Gasteiger partial charge in [-0.15, -0.1) is 0 Å². The van der Waals surface area contributed by atoms with Crippen molar-refractivity contribution >= 4 is 44.0 Å². The Morgan fingerprint density at radius 3 is 2.62 bits per heavy atom. The molecule has 2 aromatic carbocycles. The molecule has 1 aliphatic rings. The van der Waals surface area contributed by atoms with Crippen molar-refractivity contribution < 1.29 is 8.42 Å². The molecule has 0 aliphatic carbocycles. The van der Waals surface area contributed by atoms with Gasteiger partial charge in [0.25, 0.3) is 10.0 Å². The number of fused-ring (bicyclic) bond motifs is 1. The predicted molar refractivity (Wildman–Crippen MR) is 93.2 cm³/mol. The summed E-state index contributed by atoms with van der Waals surface area (Å²) in [6, 6.07) is 12.5. The van der Waals surface area contributed by atoms with Gasteiger partial charge in [0.2, 0.25) is 0 Å². The Bertz CT molecular complexity index is 758. The van der Waals surface area contributed by atoms with Gasteiger partial charge >= 0.3 is 0 Å². The molecule has 0 atom stereocenters. The van der Waals surface area contributed by atoms with Gasteiger partial charge in [-0.05, 0) is 83.5 Å². The summed E-state index contributed by atoms with van der Waals surface area (Å²) in [5.41, 5.74) is 2.67. The van der Waals surface area contributed by atoms with Gasteiger partial charge in [-0.25, -0.2) is 8.42 Å². The van der Waals surface area contributed by atoms with Crippen molar-refractivity contribution in [2.75, 3.05) is 16.6 Å². The molecule has 21 heavy (non-hydrogen) atoms. The maximum Gasteiger partial charge on any atom is 0.261 e. The van der Waals surface area contributed by atoms with E-state index < -0.39 is 10.0 Å². The van der Waals surface area contributed by atoms with Crippen LogP contribution < -0.4 is 10.0 Å². The minimum absolute atomic E-state index is 0.309. The zero-order valence-corrected chi connectivity index (χ0v) is 14.2. The first-order valence-electron chi connectivity index (χ1n) is 6.70. The number of sulfonamides is 1. The SMILES string of the molecule is O=S(=O)(Nc1ccc(I)cc1)c1ccc2c(c1)CCCN2. The van der Waals surface area contributed by atoms with E-state index in [2.05, 4.69) is 32.6 Å². The van der Waals surface area contributed by atoms with Crippen LogP contribution in [0.15, 0.2) is 47.4 Å². The number of rotatable bonds is 3. The van der Waals surface area contributed by atoms with Crippen LogP contribution in [0.1, 0.15) is 12.0 Å². The summed E-state index contributed by atoms with van der Waals surface area (Å²) in [4.78, 5) is 0.309. The second-order valence-corrected chi connectivity index (χ2v) is 7.89. The van der Waals surface area contributed by atoms with Crippen molar-refractivity contribution in [1.82, 2.24) is 0 Å². The first kappa shape index (κ1) is 14.6. The zero-order valence-electron chi connectivity index (χ0n) is 11.3. The fraction of sp³-hybridized carbons (Fsp3) is 0.200. The molecule has 0 saturated heterocycles. The zero-order chi connectivity index (χ0) is 14.9. The number of hydrogen-bond acceptors (Lipinski definition) is 3. The van der Waals surface area contributed by atoms with Crippen molar-refractivity contribution in [3.8, 4) is 0 Å². The van der Waals surface area contributed by atoms with E-state index in [1.54, 1.807) is 24.3 Å². The molecular formula is C15H15IN2O2S. The van der Waals surface area contributed by atoms with Crippen LogP contribution in [0.25, 0.3) is 0 Å². The summed E-state index contributed by atoms with van der Waals surface area (Å²) in [6.45, 7) is 0.944. The van der Waals surface area contributed by atoms with Crippen LogP contribution in [0.4, 0.5) is 11.4 Å². The van der Waals surface area contributed by atoms with Gasteiger partial charge in [0.15, 0.2) is 0 Å².